The molecule has 2 atom stereocenters. The molecule has 3 aliphatic heterocycles. The summed E-state index contributed by atoms with van der Waals surface area (Å²) < 4.78 is 2.03. The molecule has 5 amide bonds. The summed E-state index contributed by atoms with van der Waals surface area (Å²) in [5, 5.41) is 18.8. The minimum Gasteiger partial charge on any atom is -0.356 e. The van der Waals surface area contributed by atoms with E-state index in [1.165, 1.54) is 9.78 Å². The molecule has 0 saturated carbocycles. The molecule has 5 heterocycles. The molecule has 0 bridgehead atoms. The number of aliphatic imine (C=N–C) groups is 1. The second-order valence-corrected chi connectivity index (χ2v) is 15.5. The van der Waals surface area contributed by atoms with E-state index in [1.54, 1.807) is 29.5 Å². The lowest BCUT2D eigenvalue weighted by Crippen LogP contribution is -2.52. The van der Waals surface area contributed by atoms with Crippen molar-refractivity contribution in [2.75, 3.05) is 11.9 Å². The number of aromatic nitrogens is 3. The average Bonchev–Trinajstić information content (AvgIpc) is 3.75. The maximum Gasteiger partial charge on any atom is 0.255 e. The van der Waals surface area contributed by atoms with Crippen LogP contribution in [0.25, 0.3) is 5.00 Å². The van der Waals surface area contributed by atoms with E-state index in [9.17, 15) is 24.0 Å². The molecule has 0 spiro atoms. The number of rotatable bonds is 12. The Morgan fingerprint density at radius 2 is 1.76 bits per heavy atom. The SMILES string of the molecule is Cc1sc2c(c1C)C(c1ccc(Cl)cc1)=N[C@@H](CC(=O)NCCCCCCC(=O)Nc1cccc3c1CN(C1CCC(=O)NC1=O)C3=O)c1nnc(C)n1-2. The third-order valence-electron chi connectivity index (χ3n) is 10.2. The van der Waals surface area contributed by atoms with E-state index in [0.29, 0.717) is 47.0 Å². The lowest BCUT2D eigenvalue weighted by Gasteiger charge is -2.29. The summed E-state index contributed by atoms with van der Waals surface area (Å²) in [5.41, 5.74) is 5.53. The summed E-state index contributed by atoms with van der Waals surface area (Å²) in [4.78, 5) is 71.1. The number of fused-ring (bicyclic) bond motifs is 4. The van der Waals surface area contributed by atoms with Crippen molar-refractivity contribution >= 4 is 63.9 Å². The number of amides is 5. The first-order valence-electron chi connectivity index (χ1n) is 18.2. The number of halogens is 1. The Morgan fingerprint density at radius 1 is 0.981 bits per heavy atom. The van der Waals surface area contributed by atoms with Crippen LogP contribution in [0, 0.1) is 20.8 Å². The largest absolute Gasteiger partial charge is 0.356 e. The van der Waals surface area contributed by atoms with E-state index in [4.69, 9.17) is 16.6 Å². The highest BCUT2D eigenvalue weighted by atomic mass is 35.5. The number of aryl methyl sites for hydroxylation is 2. The van der Waals surface area contributed by atoms with Crippen LogP contribution in [-0.4, -0.2) is 67.5 Å². The Hall–Kier alpha value is -5.21. The predicted octanol–water partition coefficient (Wildman–Crippen LogP) is 5.66. The second-order valence-electron chi connectivity index (χ2n) is 13.9. The van der Waals surface area contributed by atoms with Crippen molar-refractivity contribution in [1.29, 1.82) is 0 Å². The van der Waals surface area contributed by atoms with E-state index in [2.05, 4.69) is 40.0 Å². The Kier molecular flexibility index (Phi) is 10.8. The van der Waals surface area contributed by atoms with Gasteiger partial charge >= 0.3 is 0 Å². The van der Waals surface area contributed by atoms with Gasteiger partial charge < -0.3 is 15.5 Å². The fraction of sp³-hybridized carbons (Fsp3) is 0.385. The Labute approximate surface area is 321 Å². The van der Waals surface area contributed by atoms with E-state index in [1.807, 2.05) is 35.8 Å². The van der Waals surface area contributed by atoms with E-state index >= 15 is 0 Å². The molecule has 2 aromatic carbocycles. The number of imide groups is 1. The number of benzene rings is 2. The van der Waals surface area contributed by atoms with Crippen molar-refractivity contribution in [2.24, 2.45) is 4.99 Å². The van der Waals surface area contributed by atoms with Crippen molar-refractivity contribution in [3.63, 3.8) is 0 Å². The molecule has 1 fully saturated rings. The molecule has 15 heteroatoms. The molecule has 54 heavy (non-hydrogen) atoms. The van der Waals surface area contributed by atoms with Gasteiger partial charge in [0.15, 0.2) is 5.82 Å². The van der Waals surface area contributed by atoms with Gasteiger partial charge in [-0.1, -0.05) is 42.6 Å². The van der Waals surface area contributed by atoms with Crippen LogP contribution in [0.15, 0.2) is 47.5 Å². The van der Waals surface area contributed by atoms with Gasteiger partial charge in [0.25, 0.3) is 5.91 Å². The Morgan fingerprint density at radius 3 is 2.54 bits per heavy atom. The maximum atomic E-state index is 13.3. The van der Waals surface area contributed by atoms with Gasteiger partial charge in [-0.05, 0) is 69.9 Å². The number of hydrogen-bond acceptors (Lipinski definition) is 9. The number of carbonyl (C=O) groups excluding carboxylic acids is 5. The molecular weight excluding hydrogens is 728 g/mol. The highest BCUT2D eigenvalue weighted by molar-refractivity contribution is 7.15. The molecule has 3 N–H and O–H groups in total. The lowest BCUT2D eigenvalue weighted by molar-refractivity contribution is -0.137. The van der Waals surface area contributed by atoms with Crippen LogP contribution >= 0.6 is 22.9 Å². The fourth-order valence-electron chi connectivity index (χ4n) is 7.29. The van der Waals surface area contributed by atoms with Crippen LogP contribution in [-0.2, 0) is 25.7 Å². The molecule has 1 saturated heterocycles. The molecule has 1 unspecified atom stereocenters. The number of anilines is 1. The molecular formula is C39H41ClN8O5S. The van der Waals surface area contributed by atoms with E-state index < -0.39 is 18.0 Å². The zero-order chi connectivity index (χ0) is 38.1. The zero-order valence-electron chi connectivity index (χ0n) is 30.3. The zero-order valence-corrected chi connectivity index (χ0v) is 31.9. The van der Waals surface area contributed by atoms with Gasteiger partial charge in [0.2, 0.25) is 23.6 Å². The first-order chi connectivity index (χ1) is 26.0. The number of carbonyl (C=O) groups is 5. The van der Waals surface area contributed by atoms with Gasteiger partial charge in [0, 0.05) is 63.8 Å². The maximum absolute atomic E-state index is 13.3. The summed E-state index contributed by atoms with van der Waals surface area (Å²) >= 11 is 7.88. The minimum atomic E-state index is -0.719. The van der Waals surface area contributed by atoms with Crippen LogP contribution < -0.4 is 16.0 Å². The molecule has 0 aliphatic carbocycles. The normalized spacial score (nSPS) is 17.7. The van der Waals surface area contributed by atoms with Crippen LogP contribution in [0.5, 0.6) is 0 Å². The van der Waals surface area contributed by atoms with Crippen molar-refractivity contribution in [2.45, 2.75) is 90.8 Å². The standard InChI is InChI=1S/C39H41ClN8O5S/c1-21-22(2)54-39-34(21)35(24-12-14-25(40)15-13-24)43-29(36-46-45-23(3)48(36)39)19-33(51)41-18-7-5-4-6-11-31(49)42-28-10-8-9-26-27(28)20-47(38(26)53)30-16-17-32(50)44-37(30)52/h8-10,12-15,29-30H,4-7,11,16-20H2,1-3H3,(H,41,51)(H,42,49)(H,44,50,52)/t29-,30?/m0/s1. The molecule has 7 rings (SSSR count). The van der Waals surface area contributed by atoms with Gasteiger partial charge in [-0.2, -0.15) is 0 Å². The van der Waals surface area contributed by atoms with Gasteiger partial charge in [-0.3, -0.25) is 38.8 Å². The second kappa shape index (κ2) is 15.6. The minimum absolute atomic E-state index is 0.114. The first-order valence-corrected chi connectivity index (χ1v) is 19.4. The van der Waals surface area contributed by atoms with Crippen molar-refractivity contribution in [3.05, 3.63) is 91.8 Å². The summed E-state index contributed by atoms with van der Waals surface area (Å²) in [6.45, 7) is 6.78. The molecule has 280 valence electrons. The highest BCUT2D eigenvalue weighted by Gasteiger charge is 2.40. The van der Waals surface area contributed by atoms with Gasteiger partial charge in [-0.15, -0.1) is 21.5 Å². The van der Waals surface area contributed by atoms with Gasteiger partial charge in [0.05, 0.1) is 12.1 Å². The van der Waals surface area contributed by atoms with Gasteiger partial charge in [-0.25, -0.2) is 0 Å². The number of thiophene rings is 1. The summed E-state index contributed by atoms with van der Waals surface area (Å²) in [6, 6.07) is 11.5. The van der Waals surface area contributed by atoms with Gasteiger partial charge in [0.1, 0.15) is 22.9 Å². The lowest BCUT2D eigenvalue weighted by atomic mass is 9.99. The van der Waals surface area contributed by atoms with Crippen LogP contribution in [0.4, 0.5) is 5.69 Å². The molecule has 3 aliphatic rings. The smallest absolute Gasteiger partial charge is 0.255 e. The van der Waals surface area contributed by atoms with Crippen molar-refractivity contribution in [1.82, 2.24) is 30.3 Å². The average molecular weight is 769 g/mol. The van der Waals surface area contributed by atoms with E-state index in [0.717, 1.165) is 52.5 Å². The monoisotopic (exact) mass is 768 g/mol. The highest BCUT2D eigenvalue weighted by Crippen LogP contribution is 2.40. The Bertz CT molecular complexity index is 2190. The molecule has 13 nitrogen and oxygen atoms in total. The topological polar surface area (TPSA) is 168 Å². The van der Waals surface area contributed by atoms with Crippen molar-refractivity contribution < 1.29 is 24.0 Å². The first kappa shape index (κ1) is 37.1. The third kappa shape index (κ3) is 7.45. The molecule has 2 aromatic heterocycles. The number of unbranched alkanes of at least 4 members (excludes halogenated alkanes) is 3. The third-order valence-corrected chi connectivity index (χ3v) is 11.7. The van der Waals surface area contributed by atoms with Crippen LogP contribution in [0.1, 0.15) is 107 Å². The summed E-state index contributed by atoms with van der Waals surface area (Å²) in [5.74, 6) is -0.0224. The number of hydrogen-bond donors (Lipinski definition) is 3. The fourth-order valence-corrected chi connectivity index (χ4v) is 8.63. The van der Waals surface area contributed by atoms with Crippen molar-refractivity contribution in [3.8, 4) is 5.00 Å². The number of nitrogens with one attached hydrogen (secondary N) is 3. The summed E-state index contributed by atoms with van der Waals surface area (Å²) in [7, 11) is 0. The van der Waals surface area contributed by atoms with Crippen LogP contribution in [0.2, 0.25) is 5.02 Å². The number of nitrogens with zero attached hydrogens (tertiary/aromatic N) is 5. The number of piperidine rings is 1. The summed E-state index contributed by atoms with van der Waals surface area (Å²) in [6.07, 6.45) is 3.93. The molecule has 4 aromatic rings. The predicted molar refractivity (Wildman–Crippen MR) is 205 cm³/mol. The quantitative estimate of drug-likeness (QED) is 0.124. The Balaban J connectivity index is 0.895. The van der Waals surface area contributed by atoms with Crippen LogP contribution in [0.3, 0.4) is 0 Å². The van der Waals surface area contributed by atoms with E-state index in [-0.39, 0.29) is 49.4 Å². The molecule has 0 radical (unpaired) electrons.